The van der Waals surface area contributed by atoms with Gasteiger partial charge in [0.15, 0.2) is 0 Å². The lowest BCUT2D eigenvalue weighted by molar-refractivity contribution is -0.115. The molecule has 4 heterocycles. The minimum absolute atomic E-state index is 0.0813. The highest BCUT2D eigenvalue weighted by Crippen LogP contribution is 2.33. The first kappa shape index (κ1) is 28.4. The van der Waals surface area contributed by atoms with Crippen LogP contribution in [-0.2, 0) is 17.8 Å². The van der Waals surface area contributed by atoms with Crippen LogP contribution in [0.15, 0.2) is 116 Å². The van der Waals surface area contributed by atoms with Crippen molar-refractivity contribution in [2.24, 2.45) is 0 Å². The van der Waals surface area contributed by atoms with Gasteiger partial charge in [-0.25, -0.2) is 15.0 Å². The number of rotatable bonds is 9. The van der Waals surface area contributed by atoms with E-state index in [1.807, 2.05) is 102 Å². The number of nitrogens with one attached hydrogen (secondary N) is 2. The molecule has 224 valence electrons. The fourth-order valence-electron chi connectivity index (χ4n) is 5.81. The van der Waals surface area contributed by atoms with Crippen LogP contribution in [0.25, 0.3) is 28.3 Å². The van der Waals surface area contributed by atoms with Gasteiger partial charge < -0.3 is 15.7 Å². The van der Waals surface area contributed by atoms with Gasteiger partial charge in [-0.3, -0.25) is 14.1 Å². The molecule has 3 N–H and O–H groups in total. The molecule has 1 unspecified atom stereocenters. The maximum atomic E-state index is 12.8. The summed E-state index contributed by atoms with van der Waals surface area (Å²) in [7, 11) is 0. The summed E-state index contributed by atoms with van der Waals surface area (Å²) in [6, 6.07) is 33.4. The fraction of sp³-hybridized carbons (Fsp3) is 0.167. The molecule has 3 aromatic heterocycles. The van der Waals surface area contributed by atoms with Crippen molar-refractivity contribution >= 4 is 28.9 Å². The van der Waals surface area contributed by atoms with Crippen molar-refractivity contribution < 1.29 is 9.90 Å². The summed E-state index contributed by atoms with van der Waals surface area (Å²) in [4.78, 5) is 29.5. The van der Waals surface area contributed by atoms with E-state index < -0.39 is 0 Å². The van der Waals surface area contributed by atoms with Crippen molar-refractivity contribution in [1.29, 1.82) is 0 Å². The van der Waals surface area contributed by atoms with Gasteiger partial charge in [-0.15, -0.1) is 0 Å². The number of carbonyl (C=O) groups is 1. The largest absolute Gasteiger partial charge is 0.392 e. The molecule has 1 saturated heterocycles. The molecule has 0 saturated carbocycles. The van der Waals surface area contributed by atoms with Crippen LogP contribution in [0, 0.1) is 0 Å². The molecular weight excluding hydrogens is 562 g/mol. The number of fused-ring (bicyclic) bond motifs is 1. The maximum Gasteiger partial charge on any atom is 0.228 e. The van der Waals surface area contributed by atoms with E-state index in [4.69, 9.17) is 9.97 Å². The lowest BCUT2D eigenvalue weighted by atomic mass is 10.1. The molecule has 0 radical (unpaired) electrons. The van der Waals surface area contributed by atoms with Gasteiger partial charge in [0.05, 0.1) is 29.6 Å². The summed E-state index contributed by atoms with van der Waals surface area (Å²) in [5.41, 5.74) is 7.64. The molecule has 7 rings (SSSR count). The molecule has 0 spiro atoms. The van der Waals surface area contributed by atoms with Crippen LogP contribution in [-0.4, -0.2) is 54.5 Å². The summed E-state index contributed by atoms with van der Waals surface area (Å²) in [5.74, 6) is 0.391. The van der Waals surface area contributed by atoms with Gasteiger partial charge in [0.1, 0.15) is 5.65 Å². The molecule has 6 aromatic rings. The van der Waals surface area contributed by atoms with Crippen molar-refractivity contribution in [3.05, 3.63) is 127 Å². The van der Waals surface area contributed by atoms with E-state index in [2.05, 4.69) is 32.7 Å². The van der Waals surface area contributed by atoms with Crippen LogP contribution in [0.3, 0.4) is 0 Å². The van der Waals surface area contributed by atoms with E-state index in [-0.39, 0.29) is 12.0 Å². The zero-order chi connectivity index (χ0) is 30.6. The SMILES string of the molecule is O=C(Cc1ccccc1)Nc1cccc(-c2nc3ccccn3c2-c2ccnc(Nc3cccc(CN4CCC(O)C4)c3)n2)c1. The number of nitrogens with zero attached hydrogens (tertiary/aromatic N) is 5. The first-order valence-corrected chi connectivity index (χ1v) is 15.1. The number of aliphatic hydroxyl groups is 1. The molecule has 0 aliphatic carbocycles. The number of amides is 1. The van der Waals surface area contributed by atoms with Gasteiger partial charge in [0, 0.05) is 49.0 Å². The second-order valence-electron chi connectivity index (χ2n) is 11.3. The monoisotopic (exact) mass is 595 g/mol. The van der Waals surface area contributed by atoms with Crippen LogP contribution in [0.4, 0.5) is 17.3 Å². The third-order valence-electron chi connectivity index (χ3n) is 7.89. The van der Waals surface area contributed by atoms with E-state index >= 15 is 0 Å². The van der Waals surface area contributed by atoms with Gasteiger partial charge in [-0.2, -0.15) is 0 Å². The Morgan fingerprint density at radius 3 is 2.56 bits per heavy atom. The normalized spacial score (nSPS) is 14.9. The summed E-state index contributed by atoms with van der Waals surface area (Å²) >= 11 is 0. The Morgan fingerprint density at radius 1 is 0.867 bits per heavy atom. The highest BCUT2D eigenvalue weighted by Gasteiger charge is 2.21. The zero-order valence-electron chi connectivity index (χ0n) is 24.7. The number of pyridine rings is 1. The average Bonchev–Trinajstić information content (AvgIpc) is 3.65. The molecule has 9 heteroatoms. The number of carbonyl (C=O) groups excluding carboxylic acids is 1. The van der Waals surface area contributed by atoms with Crippen molar-refractivity contribution in [3.8, 4) is 22.6 Å². The third-order valence-corrected chi connectivity index (χ3v) is 7.89. The number of hydrogen-bond donors (Lipinski definition) is 3. The Balaban J connectivity index is 1.16. The van der Waals surface area contributed by atoms with E-state index in [0.29, 0.717) is 30.3 Å². The van der Waals surface area contributed by atoms with Gasteiger partial charge in [0.25, 0.3) is 0 Å². The van der Waals surface area contributed by atoms with Crippen molar-refractivity contribution in [3.63, 3.8) is 0 Å². The van der Waals surface area contributed by atoms with E-state index in [1.54, 1.807) is 6.20 Å². The number of hydrogen-bond acceptors (Lipinski definition) is 7. The fourth-order valence-corrected chi connectivity index (χ4v) is 5.81. The lowest BCUT2D eigenvalue weighted by Crippen LogP contribution is -2.21. The quantitative estimate of drug-likeness (QED) is 0.190. The average molecular weight is 596 g/mol. The second kappa shape index (κ2) is 12.7. The van der Waals surface area contributed by atoms with Crippen molar-refractivity contribution in [2.75, 3.05) is 23.7 Å². The van der Waals surface area contributed by atoms with Gasteiger partial charge >= 0.3 is 0 Å². The highest BCUT2D eigenvalue weighted by atomic mass is 16.3. The number of anilines is 3. The van der Waals surface area contributed by atoms with Gasteiger partial charge in [-0.1, -0.05) is 60.7 Å². The molecule has 3 aromatic carbocycles. The van der Waals surface area contributed by atoms with Gasteiger partial charge in [-0.05, 0) is 60.0 Å². The number of benzene rings is 3. The molecule has 1 aliphatic heterocycles. The topological polar surface area (TPSA) is 108 Å². The number of likely N-dealkylation sites (tertiary alicyclic amines) is 1. The van der Waals surface area contributed by atoms with Crippen LogP contribution >= 0.6 is 0 Å². The molecule has 1 aliphatic rings. The van der Waals surface area contributed by atoms with Crippen molar-refractivity contribution in [1.82, 2.24) is 24.3 Å². The van der Waals surface area contributed by atoms with E-state index in [0.717, 1.165) is 58.9 Å². The molecule has 1 fully saturated rings. The van der Waals surface area contributed by atoms with Crippen molar-refractivity contribution in [2.45, 2.75) is 25.5 Å². The summed E-state index contributed by atoms with van der Waals surface area (Å²) in [5, 5.41) is 16.3. The van der Waals surface area contributed by atoms with E-state index in [1.165, 1.54) is 0 Å². The number of aliphatic hydroxyl groups excluding tert-OH is 1. The molecule has 1 amide bonds. The van der Waals surface area contributed by atoms with Gasteiger partial charge in [0.2, 0.25) is 11.9 Å². The predicted molar refractivity (Wildman–Crippen MR) is 176 cm³/mol. The Labute approximate surface area is 261 Å². The lowest BCUT2D eigenvalue weighted by Gasteiger charge is -2.15. The molecule has 1 atom stereocenters. The first-order valence-electron chi connectivity index (χ1n) is 15.1. The van der Waals surface area contributed by atoms with Crippen LogP contribution in [0.2, 0.25) is 0 Å². The Hall–Kier alpha value is -5.38. The third kappa shape index (κ3) is 6.59. The number of imidazole rings is 1. The molecular formula is C36H33N7O2. The Kier molecular flexibility index (Phi) is 8.01. The smallest absolute Gasteiger partial charge is 0.228 e. The number of β-amino-alcohol motifs (C(OH)–C–C–N with tert-alkyl or cyclic N) is 1. The second-order valence-corrected chi connectivity index (χ2v) is 11.3. The predicted octanol–water partition coefficient (Wildman–Crippen LogP) is 5.95. The summed E-state index contributed by atoms with van der Waals surface area (Å²) in [6.45, 7) is 2.38. The van der Waals surface area contributed by atoms with E-state index in [9.17, 15) is 9.90 Å². The maximum absolute atomic E-state index is 12.8. The zero-order valence-corrected chi connectivity index (χ0v) is 24.7. The Morgan fingerprint density at radius 2 is 1.69 bits per heavy atom. The number of aromatic nitrogens is 4. The Bertz CT molecular complexity index is 1960. The minimum atomic E-state index is -0.243. The standard InChI is InChI=1S/C36H33N7O2/c44-30-16-19-42(24-30)23-26-10-6-12-28(20-26)39-36-37-17-15-31(40-36)35-34(41-32-14-4-5-18-43(32)35)27-11-7-13-29(22-27)38-33(45)21-25-8-2-1-3-9-25/h1-15,17-18,20,22,30,44H,16,19,21,23-24H2,(H,38,45)(H,37,39,40). The molecule has 9 nitrogen and oxygen atoms in total. The highest BCUT2D eigenvalue weighted by molar-refractivity contribution is 5.93. The van der Waals surface area contributed by atoms with Crippen LogP contribution in [0.1, 0.15) is 17.5 Å². The van der Waals surface area contributed by atoms with Crippen LogP contribution in [0.5, 0.6) is 0 Å². The minimum Gasteiger partial charge on any atom is -0.392 e. The summed E-state index contributed by atoms with van der Waals surface area (Å²) in [6.07, 6.45) is 4.59. The van der Waals surface area contributed by atoms with Crippen LogP contribution < -0.4 is 10.6 Å². The molecule has 45 heavy (non-hydrogen) atoms. The first-order chi connectivity index (χ1) is 22.1. The summed E-state index contributed by atoms with van der Waals surface area (Å²) < 4.78 is 2.02. The molecule has 0 bridgehead atoms.